The standard InChI is InChI=1S/C19H18F3N5O3/c1-11-4-12(6-24-18(11)30-10-19(20,21)22)7-26-9-14-15(25-26)2-3-23-17(14)27-8-13(28)5-16(27)29/h2-4,6,9,13,28H,5,7-8,10H2,1H3/t13-/m0/s1. The normalized spacial score (nSPS) is 17.2. The maximum Gasteiger partial charge on any atom is 0.422 e. The second-order valence-corrected chi connectivity index (χ2v) is 7.13. The van der Waals surface area contributed by atoms with Crippen molar-refractivity contribution in [2.24, 2.45) is 0 Å². The van der Waals surface area contributed by atoms with E-state index in [2.05, 4.69) is 15.1 Å². The number of fused-ring (bicyclic) bond motifs is 1. The van der Waals surface area contributed by atoms with Crippen LogP contribution in [0, 0.1) is 6.92 Å². The molecule has 3 aromatic rings. The first kappa shape index (κ1) is 20.1. The number of pyridine rings is 2. The molecule has 1 aliphatic heterocycles. The first-order valence-corrected chi connectivity index (χ1v) is 9.15. The summed E-state index contributed by atoms with van der Waals surface area (Å²) in [6.45, 7) is 0.718. The van der Waals surface area contributed by atoms with Crippen molar-refractivity contribution in [3.8, 4) is 5.88 Å². The zero-order valence-electron chi connectivity index (χ0n) is 15.9. The van der Waals surface area contributed by atoms with Gasteiger partial charge in [0.25, 0.3) is 0 Å². The summed E-state index contributed by atoms with van der Waals surface area (Å²) < 4.78 is 43.3. The van der Waals surface area contributed by atoms with Crippen LogP contribution in [0.4, 0.5) is 19.0 Å². The molecule has 0 aromatic carbocycles. The van der Waals surface area contributed by atoms with Gasteiger partial charge in [-0.1, -0.05) is 0 Å². The lowest BCUT2D eigenvalue weighted by Crippen LogP contribution is -2.26. The van der Waals surface area contributed by atoms with Gasteiger partial charge in [0.15, 0.2) is 6.61 Å². The van der Waals surface area contributed by atoms with E-state index >= 15 is 0 Å². The Morgan fingerprint density at radius 1 is 1.33 bits per heavy atom. The van der Waals surface area contributed by atoms with Crippen LogP contribution in [-0.2, 0) is 11.3 Å². The van der Waals surface area contributed by atoms with Crippen LogP contribution in [0.5, 0.6) is 5.88 Å². The van der Waals surface area contributed by atoms with E-state index in [-0.39, 0.29) is 24.8 Å². The fourth-order valence-corrected chi connectivity index (χ4v) is 3.36. The predicted molar refractivity (Wildman–Crippen MR) is 100 cm³/mol. The van der Waals surface area contributed by atoms with Crippen LogP contribution in [0.25, 0.3) is 10.9 Å². The Balaban J connectivity index is 1.55. The second-order valence-electron chi connectivity index (χ2n) is 7.13. The highest BCUT2D eigenvalue weighted by molar-refractivity contribution is 6.02. The molecule has 11 heteroatoms. The number of aliphatic hydroxyl groups excluding tert-OH is 1. The summed E-state index contributed by atoms with van der Waals surface area (Å²) in [6, 6.07) is 3.40. The first-order valence-electron chi connectivity index (χ1n) is 9.15. The molecule has 0 bridgehead atoms. The molecule has 3 aromatic heterocycles. The molecule has 4 heterocycles. The Bertz CT molecular complexity index is 1100. The van der Waals surface area contributed by atoms with Gasteiger partial charge < -0.3 is 9.84 Å². The molecule has 30 heavy (non-hydrogen) atoms. The van der Waals surface area contributed by atoms with E-state index in [9.17, 15) is 23.1 Å². The molecule has 1 amide bonds. The number of rotatable bonds is 5. The number of anilines is 1. The van der Waals surface area contributed by atoms with Gasteiger partial charge in [-0.25, -0.2) is 9.97 Å². The smallest absolute Gasteiger partial charge is 0.422 e. The third kappa shape index (κ3) is 4.20. The monoisotopic (exact) mass is 421 g/mol. The summed E-state index contributed by atoms with van der Waals surface area (Å²) in [4.78, 5) is 21.8. The lowest BCUT2D eigenvalue weighted by molar-refractivity contribution is -0.154. The molecule has 1 N–H and O–H groups in total. The molecule has 8 nitrogen and oxygen atoms in total. The summed E-state index contributed by atoms with van der Waals surface area (Å²) in [5, 5.41) is 14.9. The molecule has 1 saturated heterocycles. The Morgan fingerprint density at radius 2 is 2.13 bits per heavy atom. The van der Waals surface area contributed by atoms with E-state index in [0.29, 0.717) is 28.8 Å². The summed E-state index contributed by atoms with van der Waals surface area (Å²) in [5.41, 5.74) is 1.83. The number of halogens is 3. The summed E-state index contributed by atoms with van der Waals surface area (Å²) in [6.07, 6.45) is -0.383. The Hall–Kier alpha value is -3.21. The van der Waals surface area contributed by atoms with Crippen LogP contribution in [0.3, 0.4) is 0 Å². The van der Waals surface area contributed by atoms with Crippen LogP contribution in [0.15, 0.2) is 30.7 Å². The van der Waals surface area contributed by atoms with Crippen molar-refractivity contribution >= 4 is 22.6 Å². The highest BCUT2D eigenvalue weighted by Crippen LogP contribution is 2.28. The van der Waals surface area contributed by atoms with E-state index in [1.807, 2.05) is 0 Å². The lowest BCUT2D eigenvalue weighted by Gasteiger charge is -2.14. The maximum atomic E-state index is 12.3. The zero-order chi connectivity index (χ0) is 21.5. The molecular weight excluding hydrogens is 403 g/mol. The summed E-state index contributed by atoms with van der Waals surface area (Å²) in [5.74, 6) is 0.161. The number of aryl methyl sites for hydroxylation is 1. The Morgan fingerprint density at radius 3 is 2.80 bits per heavy atom. The van der Waals surface area contributed by atoms with E-state index in [0.717, 1.165) is 5.56 Å². The number of nitrogens with zero attached hydrogens (tertiary/aromatic N) is 5. The van der Waals surface area contributed by atoms with E-state index in [1.54, 1.807) is 36.1 Å². The molecule has 1 atom stereocenters. The predicted octanol–water partition coefficient (Wildman–Crippen LogP) is 2.22. The largest absolute Gasteiger partial charge is 0.468 e. The van der Waals surface area contributed by atoms with Crippen molar-refractivity contribution < 1.29 is 27.8 Å². The number of aromatic nitrogens is 4. The van der Waals surface area contributed by atoms with Crippen molar-refractivity contribution in [2.75, 3.05) is 18.1 Å². The molecule has 1 fully saturated rings. The number of carbonyl (C=O) groups is 1. The van der Waals surface area contributed by atoms with Crippen LogP contribution in [0.2, 0.25) is 0 Å². The Labute approximate surface area is 168 Å². The first-order chi connectivity index (χ1) is 14.2. The van der Waals surface area contributed by atoms with Gasteiger partial charge in [-0.15, -0.1) is 0 Å². The molecule has 4 rings (SSSR count). The van der Waals surface area contributed by atoms with Gasteiger partial charge in [0, 0.05) is 24.2 Å². The van der Waals surface area contributed by atoms with Gasteiger partial charge in [0.2, 0.25) is 11.8 Å². The number of alkyl halides is 3. The van der Waals surface area contributed by atoms with Crippen molar-refractivity contribution in [2.45, 2.75) is 32.2 Å². The number of aliphatic hydroxyl groups is 1. The van der Waals surface area contributed by atoms with E-state index in [1.165, 1.54) is 11.1 Å². The van der Waals surface area contributed by atoms with Gasteiger partial charge in [0.05, 0.1) is 36.5 Å². The van der Waals surface area contributed by atoms with Crippen LogP contribution < -0.4 is 9.64 Å². The van der Waals surface area contributed by atoms with Crippen LogP contribution in [0.1, 0.15) is 17.5 Å². The number of ether oxygens (including phenoxy) is 1. The van der Waals surface area contributed by atoms with Gasteiger partial charge in [-0.2, -0.15) is 18.3 Å². The minimum absolute atomic E-state index is 0.0555. The topological polar surface area (TPSA) is 93.4 Å². The summed E-state index contributed by atoms with van der Waals surface area (Å²) >= 11 is 0. The fraction of sp³-hybridized carbons (Fsp3) is 0.368. The quantitative estimate of drug-likeness (QED) is 0.679. The highest BCUT2D eigenvalue weighted by atomic mass is 19.4. The number of carbonyl (C=O) groups excluding carboxylic acids is 1. The van der Waals surface area contributed by atoms with E-state index in [4.69, 9.17) is 4.74 Å². The highest BCUT2D eigenvalue weighted by Gasteiger charge is 2.31. The van der Waals surface area contributed by atoms with Crippen molar-refractivity contribution in [3.05, 3.63) is 41.9 Å². The zero-order valence-corrected chi connectivity index (χ0v) is 15.9. The van der Waals surface area contributed by atoms with Crippen LogP contribution in [-0.4, -0.2) is 56.2 Å². The second kappa shape index (κ2) is 7.56. The molecule has 0 unspecified atom stereocenters. The van der Waals surface area contributed by atoms with Crippen molar-refractivity contribution in [3.63, 3.8) is 0 Å². The average molecular weight is 421 g/mol. The van der Waals surface area contributed by atoms with Crippen LogP contribution >= 0.6 is 0 Å². The minimum atomic E-state index is -4.43. The van der Waals surface area contributed by atoms with Gasteiger partial charge >= 0.3 is 6.18 Å². The lowest BCUT2D eigenvalue weighted by atomic mass is 10.2. The third-order valence-corrected chi connectivity index (χ3v) is 4.62. The molecule has 0 radical (unpaired) electrons. The maximum absolute atomic E-state index is 12.3. The fourth-order valence-electron chi connectivity index (χ4n) is 3.36. The van der Waals surface area contributed by atoms with E-state index < -0.39 is 18.9 Å². The third-order valence-electron chi connectivity index (χ3n) is 4.62. The molecule has 158 valence electrons. The Kier molecular flexibility index (Phi) is 5.06. The molecule has 0 saturated carbocycles. The summed E-state index contributed by atoms with van der Waals surface area (Å²) in [7, 11) is 0. The average Bonchev–Trinajstić information content (AvgIpc) is 3.21. The van der Waals surface area contributed by atoms with Crippen molar-refractivity contribution in [1.82, 2.24) is 19.7 Å². The number of amides is 1. The molecule has 1 aliphatic rings. The molecule has 0 spiro atoms. The molecule has 0 aliphatic carbocycles. The SMILES string of the molecule is Cc1cc(Cn2cc3c(N4C[C@@H](O)CC4=O)nccc3n2)cnc1OCC(F)(F)F. The van der Waals surface area contributed by atoms with Crippen molar-refractivity contribution in [1.29, 1.82) is 0 Å². The number of hydrogen-bond donors (Lipinski definition) is 1. The minimum Gasteiger partial charge on any atom is -0.468 e. The molecular formula is C19H18F3N5O3. The van der Waals surface area contributed by atoms with Gasteiger partial charge in [-0.3, -0.25) is 14.4 Å². The van der Waals surface area contributed by atoms with Gasteiger partial charge in [0.1, 0.15) is 5.82 Å². The van der Waals surface area contributed by atoms with Gasteiger partial charge in [-0.05, 0) is 24.6 Å². The number of hydrogen-bond acceptors (Lipinski definition) is 6. The number of β-amino-alcohol motifs (C(OH)–C–C–N with tert-alkyl or cyclic N) is 1.